The number of carbonyl (C=O) groups excluding carboxylic acids is 3. The number of ether oxygens (including phenoxy) is 2. The van der Waals surface area contributed by atoms with E-state index < -0.39 is 0 Å². The zero-order valence-corrected chi connectivity index (χ0v) is 20.4. The predicted molar refractivity (Wildman–Crippen MR) is 130 cm³/mol. The SMILES string of the molecule is CCOC(=O)CC(NCc1ccc(OCCN2C(=O)CCC2=O)c(CC)c1)c1ccc(Cl)cc1. The minimum absolute atomic E-state index is 0.135. The number of aryl methyl sites for hydroxylation is 1. The number of imide groups is 1. The Hall–Kier alpha value is -2.90. The Kier molecular flexibility index (Phi) is 9.48. The third kappa shape index (κ3) is 7.05. The van der Waals surface area contributed by atoms with Gasteiger partial charge in [0.2, 0.25) is 11.8 Å². The largest absolute Gasteiger partial charge is 0.491 e. The number of hydrogen-bond donors (Lipinski definition) is 1. The summed E-state index contributed by atoms with van der Waals surface area (Å²) in [7, 11) is 0. The molecule has 0 aromatic heterocycles. The minimum atomic E-state index is -0.261. The highest BCUT2D eigenvalue weighted by molar-refractivity contribution is 6.30. The summed E-state index contributed by atoms with van der Waals surface area (Å²) in [5.41, 5.74) is 3.04. The Morgan fingerprint density at radius 2 is 1.79 bits per heavy atom. The van der Waals surface area contributed by atoms with Gasteiger partial charge in [-0.2, -0.15) is 0 Å². The molecule has 2 aromatic rings. The van der Waals surface area contributed by atoms with Gasteiger partial charge in [0, 0.05) is 30.5 Å². The van der Waals surface area contributed by atoms with Gasteiger partial charge in [-0.05, 0) is 48.2 Å². The zero-order valence-electron chi connectivity index (χ0n) is 19.6. The third-order valence-corrected chi connectivity index (χ3v) is 5.99. The summed E-state index contributed by atoms with van der Waals surface area (Å²) < 4.78 is 11.0. The van der Waals surface area contributed by atoms with Crippen molar-refractivity contribution in [3.05, 3.63) is 64.2 Å². The maximum absolute atomic E-state index is 12.1. The molecule has 0 radical (unpaired) electrons. The van der Waals surface area contributed by atoms with Crippen LogP contribution in [0.15, 0.2) is 42.5 Å². The lowest BCUT2D eigenvalue weighted by atomic mass is 10.0. The first-order chi connectivity index (χ1) is 16.4. The molecular formula is C26H31ClN2O5. The number of likely N-dealkylation sites (tertiary alicyclic amines) is 1. The van der Waals surface area contributed by atoms with E-state index in [1.54, 1.807) is 19.1 Å². The van der Waals surface area contributed by atoms with Crippen molar-refractivity contribution >= 4 is 29.4 Å². The van der Waals surface area contributed by atoms with Crippen LogP contribution in [0.5, 0.6) is 5.75 Å². The standard InChI is InChI=1S/C26H31ClN2O5/c1-3-19-15-18(5-10-23(19)34-14-13-29-24(30)11-12-25(29)31)17-28-22(16-26(32)33-4-2)20-6-8-21(27)9-7-20/h5-10,15,22,28H,3-4,11-14,16-17H2,1-2H3. The van der Waals surface area contributed by atoms with E-state index in [4.69, 9.17) is 21.1 Å². The van der Waals surface area contributed by atoms with Crippen molar-refractivity contribution in [2.75, 3.05) is 19.8 Å². The highest BCUT2D eigenvalue weighted by atomic mass is 35.5. The van der Waals surface area contributed by atoms with Crippen LogP contribution in [0, 0.1) is 0 Å². The first-order valence-electron chi connectivity index (χ1n) is 11.6. The first-order valence-corrected chi connectivity index (χ1v) is 12.0. The van der Waals surface area contributed by atoms with E-state index in [1.165, 1.54) is 4.90 Å². The van der Waals surface area contributed by atoms with Crippen molar-refractivity contribution in [1.82, 2.24) is 10.2 Å². The van der Waals surface area contributed by atoms with Crippen LogP contribution in [0.3, 0.4) is 0 Å². The van der Waals surface area contributed by atoms with Crippen LogP contribution in [-0.2, 0) is 32.1 Å². The molecule has 2 amide bonds. The van der Waals surface area contributed by atoms with Crippen molar-refractivity contribution in [1.29, 1.82) is 0 Å². The molecule has 7 nitrogen and oxygen atoms in total. The first kappa shape index (κ1) is 25.7. The number of rotatable bonds is 12. The predicted octanol–water partition coefficient (Wildman–Crippen LogP) is 4.21. The molecule has 1 heterocycles. The van der Waals surface area contributed by atoms with Crippen LogP contribution in [-0.4, -0.2) is 42.4 Å². The van der Waals surface area contributed by atoms with Gasteiger partial charge >= 0.3 is 5.97 Å². The summed E-state index contributed by atoms with van der Waals surface area (Å²) >= 11 is 6.02. The second-order valence-corrected chi connectivity index (χ2v) is 8.51. The number of nitrogens with zero attached hydrogens (tertiary/aromatic N) is 1. The number of hydrogen-bond acceptors (Lipinski definition) is 6. The van der Waals surface area contributed by atoms with Gasteiger partial charge in [0.1, 0.15) is 12.4 Å². The lowest BCUT2D eigenvalue weighted by molar-refractivity contribution is -0.144. The number of esters is 1. The highest BCUT2D eigenvalue weighted by Gasteiger charge is 2.28. The van der Waals surface area contributed by atoms with E-state index in [1.807, 2.05) is 31.2 Å². The second-order valence-electron chi connectivity index (χ2n) is 8.08. The van der Waals surface area contributed by atoms with E-state index in [9.17, 15) is 14.4 Å². The topological polar surface area (TPSA) is 84.9 Å². The molecule has 1 aliphatic heterocycles. The molecule has 1 saturated heterocycles. The normalized spacial score (nSPS) is 14.4. The van der Waals surface area contributed by atoms with Gasteiger partial charge in [-0.1, -0.05) is 42.8 Å². The fourth-order valence-electron chi connectivity index (χ4n) is 3.91. The number of nitrogens with one attached hydrogen (secondary N) is 1. The lowest BCUT2D eigenvalue weighted by Gasteiger charge is -2.20. The molecule has 1 N–H and O–H groups in total. The van der Waals surface area contributed by atoms with Gasteiger partial charge in [-0.25, -0.2) is 0 Å². The van der Waals surface area contributed by atoms with E-state index in [0.29, 0.717) is 18.2 Å². The molecule has 1 aliphatic rings. The maximum atomic E-state index is 12.1. The smallest absolute Gasteiger partial charge is 0.307 e. The Morgan fingerprint density at radius 1 is 1.09 bits per heavy atom. The van der Waals surface area contributed by atoms with Gasteiger partial charge in [0.05, 0.1) is 19.6 Å². The van der Waals surface area contributed by atoms with E-state index in [0.717, 1.165) is 28.9 Å². The summed E-state index contributed by atoms with van der Waals surface area (Å²) in [4.78, 5) is 36.9. The Bertz CT molecular complexity index is 993. The third-order valence-electron chi connectivity index (χ3n) is 5.73. The lowest BCUT2D eigenvalue weighted by Crippen LogP contribution is -2.33. The Balaban J connectivity index is 1.62. The van der Waals surface area contributed by atoms with Crippen molar-refractivity contribution in [2.24, 2.45) is 0 Å². The van der Waals surface area contributed by atoms with Crippen LogP contribution in [0.25, 0.3) is 0 Å². The molecule has 0 bridgehead atoms. The van der Waals surface area contributed by atoms with Gasteiger partial charge in [-0.15, -0.1) is 0 Å². The van der Waals surface area contributed by atoms with E-state index in [2.05, 4.69) is 11.4 Å². The zero-order chi connectivity index (χ0) is 24.5. The van der Waals surface area contributed by atoms with Crippen LogP contribution in [0.4, 0.5) is 0 Å². The summed E-state index contributed by atoms with van der Waals surface area (Å²) in [5, 5.41) is 4.09. The van der Waals surface area contributed by atoms with Gasteiger partial charge in [0.15, 0.2) is 0 Å². The fourth-order valence-corrected chi connectivity index (χ4v) is 4.04. The molecule has 8 heteroatoms. The molecule has 2 aromatic carbocycles. The van der Waals surface area contributed by atoms with Crippen molar-refractivity contribution in [2.45, 2.75) is 52.1 Å². The number of benzene rings is 2. The molecular weight excluding hydrogens is 456 g/mol. The summed E-state index contributed by atoms with van der Waals surface area (Å²) in [6.07, 6.45) is 1.56. The average molecular weight is 487 g/mol. The highest BCUT2D eigenvalue weighted by Crippen LogP contribution is 2.24. The van der Waals surface area contributed by atoms with Crippen LogP contribution in [0.2, 0.25) is 5.02 Å². The second kappa shape index (κ2) is 12.5. The molecule has 1 unspecified atom stereocenters. The number of halogens is 1. The van der Waals surface area contributed by atoms with Gasteiger partial charge < -0.3 is 14.8 Å². The van der Waals surface area contributed by atoms with Crippen LogP contribution < -0.4 is 10.1 Å². The van der Waals surface area contributed by atoms with Crippen molar-refractivity contribution in [3.8, 4) is 5.75 Å². The monoisotopic (exact) mass is 486 g/mol. The van der Waals surface area contributed by atoms with Gasteiger partial charge in [0.25, 0.3) is 0 Å². The molecule has 182 valence electrons. The van der Waals surface area contributed by atoms with Crippen molar-refractivity contribution < 1.29 is 23.9 Å². The Labute approximate surface area is 205 Å². The summed E-state index contributed by atoms with van der Waals surface area (Å²) in [6, 6.07) is 13.2. The quantitative estimate of drug-likeness (QED) is 0.357. The molecule has 3 rings (SSSR count). The van der Waals surface area contributed by atoms with Crippen LogP contribution in [0.1, 0.15) is 55.8 Å². The molecule has 1 atom stereocenters. The summed E-state index contributed by atoms with van der Waals surface area (Å²) in [5.74, 6) is 0.210. The van der Waals surface area contributed by atoms with E-state index >= 15 is 0 Å². The molecule has 34 heavy (non-hydrogen) atoms. The number of carbonyl (C=O) groups is 3. The average Bonchev–Trinajstić information content (AvgIpc) is 3.15. The van der Waals surface area contributed by atoms with Crippen LogP contribution >= 0.6 is 11.6 Å². The van der Waals surface area contributed by atoms with Crippen molar-refractivity contribution in [3.63, 3.8) is 0 Å². The summed E-state index contributed by atoms with van der Waals surface area (Å²) in [6.45, 7) is 5.26. The fraction of sp³-hybridized carbons (Fsp3) is 0.423. The minimum Gasteiger partial charge on any atom is -0.491 e. The van der Waals surface area contributed by atoms with E-state index in [-0.39, 0.29) is 56.2 Å². The molecule has 1 fully saturated rings. The molecule has 0 saturated carbocycles. The maximum Gasteiger partial charge on any atom is 0.307 e. The Morgan fingerprint density at radius 3 is 2.44 bits per heavy atom. The van der Waals surface area contributed by atoms with Gasteiger partial charge in [-0.3, -0.25) is 19.3 Å². The molecule has 0 aliphatic carbocycles. The molecule has 0 spiro atoms. The number of amides is 2.